The molecule has 0 saturated heterocycles. The van der Waals surface area contributed by atoms with E-state index in [0.717, 1.165) is 0 Å². The molecule has 4 nitrogen and oxygen atoms in total. The number of esters is 1. The molecule has 0 fully saturated rings. The lowest BCUT2D eigenvalue weighted by atomic mass is 10.1. The summed E-state index contributed by atoms with van der Waals surface area (Å²) in [6, 6.07) is 3.63. The van der Waals surface area contributed by atoms with Crippen LogP contribution in [0.25, 0.3) is 0 Å². The summed E-state index contributed by atoms with van der Waals surface area (Å²) in [5, 5.41) is 0. The fourth-order valence-corrected chi connectivity index (χ4v) is 1.35. The highest BCUT2D eigenvalue weighted by Gasteiger charge is 2.11. The second kappa shape index (κ2) is 6.20. The fourth-order valence-electron chi connectivity index (χ4n) is 1.35. The minimum Gasteiger partial charge on any atom is -0.482 e. The van der Waals surface area contributed by atoms with Gasteiger partial charge in [0.25, 0.3) is 0 Å². The highest BCUT2D eigenvalue weighted by Crippen LogP contribution is 2.24. The molecule has 0 aliphatic rings. The normalized spacial score (nSPS) is 12.0. The second-order valence-corrected chi connectivity index (χ2v) is 3.56. The molecule has 0 amide bonds. The van der Waals surface area contributed by atoms with Gasteiger partial charge in [0.1, 0.15) is 11.6 Å². The molecule has 17 heavy (non-hydrogen) atoms. The Morgan fingerprint density at radius 2 is 2.24 bits per heavy atom. The fraction of sp³-hybridized carbons (Fsp3) is 0.417. The zero-order valence-electron chi connectivity index (χ0n) is 9.90. The first-order valence-corrected chi connectivity index (χ1v) is 5.38. The van der Waals surface area contributed by atoms with E-state index in [1.165, 1.54) is 18.2 Å². The number of rotatable bonds is 5. The van der Waals surface area contributed by atoms with Gasteiger partial charge in [-0.25, -0.2) is 9.18 Å². The lowest BCUT2D eigenvalue weighted by Crippen LogP contribution is -2.16. The van der Waals surface area contributed by atoms with Gasteiger partial charge >= 0.3 is 5.97 Å². The SMILES string of the molecule is CCOC(=O)COc1ccc(F)cc1[C@@H](C)N. The van der Waals surface area contributed by atoms with E-state index in [9.17, 15) is 9.18 Å². The van der Waals surface area contributed by atoms with E-state index >= 15 is 0 Å². The van der Waals surface area contributed by atoms with Crippen molar-refractivity contribution < 1.29 is 18.7 Å². The van der Waals surface area contributed by atoms with Gasteiger partial charge in [0.05, 0.1) is 6.61 Å². The van der Waals surface area contributed by atoms with Crippen LogP contribution in [0.4, 0.5) is 4.39 Å². The second-order valence-electron chi connectivity index (χ2n) is 3.56. The van der Waals surface area contributed by atoms with Crippen molar-refractivity contribution in [1.82, 2.24) is 0 Å². The Morgan fingerprint density at radius 1 is 1.53 bits per heavy atom. The van der Waals surface area contributed by atoms with Crippen molar-refractivity contribution in [3.05, 3.63) is 29.6 Å². The molecular weight excluding hydrogens is 225 g/mol. The van der Waals surface area contributed by atoms with Crippen LogP contribution in [0.3, 0.4) is 0 Å². The molecule has 0 spiro atoms. The van der Waals surface area contributed by atoms with E-state index in [1.54, 1.807) is 13.8 Å². The predicted octanol–water partition coefficient (Wildman–Crippen LogP) is 1.79. The van der Waals surface area contributed by atoms with Crippen molar-refractivity contribution >= 4 is 5.97 Å². The molecule has 0 bridgehead atoms. The van der Waals surface area contributed by atoms with Crippen LogP contribution in [0.5, 0.6) is 5.75 Å². The van der Waals surface area contributed by atoms with Gasteiger partial charge in [-0.15, -0.1) is 0 Å². The van der Waals surface area contributed by atoms with Crippen molar-refractivity contribution in [1.29, 1.82) is 0 Å². The summed E-state index contributed by atoms with van der Waals surface area (Å²) in [5.41, 5.74) is 6.21. The average Bonchev–Trinajstić information content (AvgIpc) is 2.27. The summed E-state index contributed by atoms with van der Waals surface area (Å²) in [6.45, 7) is 3.51. The first-order valence-electron chi connectivity index (χ1n) is 5.38. The monoisotopic (exact) mass is 241 g/mol. The van der Waals surface area contributed by atoms with Crippen LogP contribution in [0, 0.1) is 5.82 Å². The van der Waals surface area contributed by atoms with E-state index in [0.29, 0.717) is 17.9 Å². The third-order valence-corrected chi connectivity index (χ3v) is 2.11. The van der Waals surface area contributed by atoms with Crippen molar-refractivity contribution in [2.24, 2.45) is 5.73 Å². The van der Waals surface area contributed by atoms with E-state index < -0.39 is 5.97 Å². The van der Waals surface area contributed by atoms with Gasteiger partial charge < -0.3 is 15.2 Å². The molecule has 0 aliphatic heterocycles. The molecule has 0 aliphatic carbocycles. The van der Waals surface area contributed by atoms with Gasteiger partial charge in [-0.2, -0.15) is 0 Å². The number of carbonyl (C=O) groups excluding carboxylic acids is 1. The van der Waals surface area contributed by atoms with E-state index in [-0.39, 0.29) is 18.5 Å². The number of hydrogen-bond donors (Lipinski definition) is 1. The summed E-state index contributed by atoms with van der Waals surface area (Å²) in [6.07, 6.45) is 0. The van der Waals surface area contributed by atoms with Gasteiger partial charge in [0.15, 0.2) is 6.61 Å². The maximum absolute atomic E-state index is 13.0. The molecule has 1 aromatic carbocycles. The Balaban J connectivity index is 2.73. The van der Waals surface area contributed by atoms with Gasteiger partial charge in [-0.1, -0.05) is 0 Å². The summed E-state index contributed by atoms with van der Waals surface area (Å²) in [4.78, 5) is 11.1. The minimum atomic E-state index is -0.465. The van der Waals surface area contributed by atoms with Crippen LogP contribution in [0.1, 0.15) is 25.5 Å². The first-order chi connectivity index (χ1) is 8.04. The molecule has 0 heterocycles. The van der Waals surface area contributed by atoms with Gasteiger partial charge in [0, 0.05) is 11.6 Å². The minimum absolute atomic E-state index is 0.209. The Kier molecular flexibility index (Phi) is 4.90. The molecule has 1 rings (SSSR count). The van der Waals surface area contributed by atoms with E-state index in [2.05, 4.69) is 0 Å². The predicted molar refractivity (Wildman–Crippen MR) is 61.1 cm³/mol. The molecule has 94 valence electrons. The number of hydrogen-bond acceptors (Lipinski definition) is 4. The molecule has 0 unspecified atom stereocenters. The van der Waals surface area contributed by atoms with E-state index in [4.69, 9.17) is 15.2 Å². The number of ether oxygens (including phenoxy) is 2. The van der Waals surface area contributed by atoms with Crippen molar-refractivity contribution in [2.75, 3.05) is 13.2 Å². The van der Waals surface area contributed by atoms with Gasteiger partial charge in [-0.05, 0) is 32.0 Å². The Hall–Kier alpha value is -1.62. The smallest absolute Gasteiger partial charge is 0.344 e. The Bertz CT molecular complexity index is 393. The first kappa shape index (κ1) is 13.4. The highest BCUT2D eigenvalue weighted by atomic mass is 19.1. The molecule has 2 N–H and O–H groups in total. The molecule has 0 saturated carbocycles. The largest absolute Gasteiger partial charge is 0.482 e. The quantitative estimate of drug-likeness (QED) is 0.798. The lowest BCUT2D eigenvalue weighted by molar-refractivity contribution is -0.145. The molecule has 5 heteroatoms. The number of nitrogens with two attached hydrogens (primary N) is 1. The number of carbonyl (C=O) groups is 1. The van der Waals surface area contributed by atoms with Crippen LogP contribution < -0.4 is 10.5 Å². The van der Waals surface area contributed by atoms with E-state index in [1.807, 2.05) is 0 Å². The number of benzene rings is 1. The zero-order chi connectivity index (χ0) is 12.8. The Morgan fingerprint density at radius 3 is 2.82 bits per heavy atom. The van der Waals surface area contributed by atoms with Crippen LogP contribution in [0.15, 0.2) is 18.2 Å². The summed E-state index contributed by atoms with van der Waals surface area (Å²) in [7, 11) is 0. The van der Waals surface area contributed by atoms with Crippen molar-refractivity contribution in [3.8, 4) is 5.75 Å². The van der Waals surface area contributed by atoms with Gasteiger partial charge in [0.2, 0.25) is 0 Å². The molecule has 1 atom stereocenters. The lowest BCUT2D eigenvalue weighted by Gasteiger charge is -2.13. The van der Waals surface area contributed by atoms with Gasteiger partial charge in [-0.3, -0.25) is 0 Å². The summed E-state index contributed by atoms with van der Waals surface area (Å²) >= 11 is 0. The van der Waals surface area contributed by atoms with Crippen LogP contribution in [0.2, 0.25) is 0 Å². The van der Waals surface area contributed by atoms with Crippen molar-refractivity contribution in [2.45, 2.75) is 19.9 Å². The summed E-state index contributed by atoms with van der Waals surface area (Å²) in [5.74, 6) is -0.456. The van der Waals surface area contributed by atoms with Crippen LogP contribution in [-0.2, 0) is 9.53 Å². The van der Waals surface area contributed by atoms with Crippen LogP contribution in [-0.4, -0.2) is 19.2 Å². The molecular formula is C12H16FNO3. The summed E-state index contributed by atoms with van der Waals surface area (Å²) < 4.78 is 23.0. The topological polar surface area (TPSA) is 61.5 Å². The third-order valence-electron chi connectivity index (χ3n) is 2.11. The highest BCUT2D eigenvalue weighted by molar-refractivity contribution is 5.71. The molecule has 0 radical (unpaired) electrons. The molecule has 0 aromatic heterocycles. The standard InChI is InChI=1S/C12H16FNO3/c1-3-16-12(15)7-17-11-5-4-9(13)6-10(11)8(2)14/h4-6,8H,3,7,14H2,1-2H3/t8-/m1/s1. The third kappa shape index (κ3) is 4.03. The maximum Gasteiger partial charge on any atom is 0.344 e. The molecule has 1 aromatic rings. The Labute approximate surface area is 99.5 Å². The van der Waals surface area contributed by atoms with Crippen LogP contribution >= 0.6 is 0 Å². The van der Waals surface area contributed by atoms with Crippen molar-refractivity contribution in [3.63, 3.8) is 0 Å². The number of halogens is 1. The average molecular weight is 241 g/mol. The zero-order valence-corrected chi connectivity index (χ0v) is 9.90. The maximum atomic E-state index is 13.0.